The summed E-state index contributed by atoms with van der Waals surface area (Å²) in [5, 5.41) is 0. The van der Waals surface area contributed by atoms with Crippen molar-refractivity contribution in [3.8, 4) is 0 Å². The molecule has 0 atom stereocenters. The smallest absolute Gasteiger partial charge is 0.0113 e. The summed E-state index contributed by atoms with van der Waals surface area (Å²) in [7, 11) is 6.55. The van der Waals surface area contributed by atoms with Gasteiger partial charge in [-0.3, -0.25) is 0 Å². The Bertz CT molecular complexity index is 98.3. The van der Waals surface area contributed by atoms with Crippen molar-refractivity contribution in [2.24, 2.45) is 0 Å². The molecule has 0 aliphatic carbocycles. The van der Waals surface area contributed by atoms with Crippen molar-refractivity contribution in [3.05, 3.63) is 0 Å². The molecule has 1 aliphatic rings. The van der Waals surface area contributed by atoms with Crippen LogP contribution in [0, 0.1) is 0 Å². The van der Waals surface area contributed by atoms with Crippen LogP contribution >= 0.6 is 0 Å². The van der Waals surface area contributed by atoms with Crippen LogP contribution in [0.25, 0.3) is 0 Å². The van der Waals surface area contributed by atoms with E-state index in [1.165, 1.54) is 25.9 Å². The molecule has 0 spiro atoms. The first-order valence-corrected chi connectivity index (χ1v) is 4.05. The van der Waals surface area contributed by atoms with E-state index in [0.717, 1.165) is 6.04 Å². The molecule has 1 fully saturated rings. The second-order valence-electron chi connectivity index (χ2n) is 3.50. The molecule has 0 bridgehead atoms. The van der Waals surface area contributed by atoms with E-state index in [4.69, 9.17) is 0 Å². The van der Waals surface area contributed by atoms with Gasteiger partial charge in [-0.25, -0.2) is 0 Å². The molecule has 66 valence electrons. The molecule has 3 heteroatoms. The zero-order chi connectivity index (χ0) is 7.56. The van der Waals surface area contributed by atoms with Crippen LogP contribution in [0.1, 0.15) is 12.8 Å². The van der Waals surface area contributed by atoms with Crippen molar-refractivity contribution in [1.29, 1.82) is 0 Å². The maximum Gasteiger partial charge on any atom is 0.0113 e. The topological polar surface area (TPSA) is 6.48 Å². The number of nitrogens with zero attached hydrogens (tertiary/aromatic N) is 2. The van der Waals surface area contributed by atoms with Crippen LogP contribution < -0.4 is 0 Å². The molecule has 0 saturated carbocycles. The Balaban J connectivity index is 0.000001000. The van der Waals surface area contributed by atoms with Gasteiger partial charge in [0.15, 0.2) is 0 Å². The zero-order valence-corrected chi connectivity index (χ0v) is 10.6. The minimum atomic E-state index is 0. The van der Waals surface area contributed by atoms with Gasteiger partial charge in [0.1, 0.15) is 0 Å². The Kier molecular flexibility index (Phi) is 5.58. The van der Waals surface area contributed by atoms with Crippen molar-refractivity contribution in [1.82, 2.24) is 9.80 Å². The monoisotopic (exact) mass is 326 g/mol. The molecular weight excluding hydrogens is 308 g/mol. The van der Waals surface area contributed by atoms with Crippen LogP contribution in [0.3, 0.4) is 0 Å². The van der Waals surface area contributed by atoms with Gasteiger partial charge in [0.05, 0.1) is 0 Å². The second-order valence-corrected chi connectivity index (χ2v) is 3.50. The normalized spacial score (nSPS) is 21.8. The average Bonchev–Trinajstić information content (AvgIpc) is 1.88. The van der Waals surface area contributed by atoms with Gasteiger partial charge in [-0.15, -0.1) is 0 Å². The Labute approximate surface area is 84.2 Å². The summed E-state index contributed by atoms with van der Waals surface area (Å²) in [5.41, 5.74) is 0. The Morgan fingerprint density at radius 2 is 1.64 bits per heavy atom. The van der Waals surface area contributed by atoms with Crippen LogP contribution in [0.15, 0.2) is 0 Å². The Morgan fingerprint density at radius 3 is 2.00 bits per heavy atom. The van der Waals surface area contributed by atoms with E-state index in [-0.39, 0.29) is 21.1 Å². The summed E-state index contributed by atoms with van der Waals surface area (Å²) < 4.78 is 0. The number of hydrogen-bond donors (Lipinski definition) is 0. The molecule has 1 rings (SSSR count). The first-order chi connectivity index (χ1) is 4.70. The summed E-state index contributed by atoms with van der Waals surface area (Å²) in [5.74, 6) is 0. The molecular formula is C8H18N2W. The molecule has 0 aromatic rings. The minimum absolute atomic E-state index is 0. The van der Waals surface area contributed by atoms with Crippen LogP contribution in [0.5, 0.6) is 0 Å². The van der Waals surface area contributed by atoms with Gasteiger partial charge in [0.25, 0.3) is 0 Å². The van der Waals surface area contributed by atoms with Gasteiger partial charge >= 0.3 is 0 Å². The molecule has 0 aromatic carbocycles. The summed E-state index contributed by atoms with van der Waals surface area (Å²) in [6.45, 7) is 2.53. The van der Waals surface area contributed by atoms with E-state index >= 15 is 0 Å². The van der Waals surface area contributed by atoms with Crippen molar-refractivity contribution < 1.29 is 21.1 Å². The molecule has 1 heterocycles. The second kappa shape index (κ2) is 5.29. The van der Waals surface area contributed by atoms with Gasteiger partial charge in [-0.2, -0.15) is 0 Å². The average molecular weight is 326 g/mol. The van der Waals surface area contributed by atoms with Gasteiger partial charge in [0, 0.05) is 27.1 Å². The molecule has 0 unspecified atom stereocenters. The molecule has 0 radical (unpaired) electrons. The molecule has 2 nitrogen and oxygen atoms in total. The predicted molar refractivity (Wildman–Crippen MR) is 44.2 cm³/mol. The van der Waals surface area contributed by atoms with E-state index in [1.807, 2.05) is 0 Å². The third kappa shape index (κ3) is 3.68. The van der Waals surface area contributed by atoms with E-state index in [1.54, 1.807) is 0 Å². The number of hydrogen-bond acceptors (Lipinski definition) is 2. The molecule has 0 aromatic heterocycles. The summed E-state index contributed by atoms with van der Waals surface area (Å²) in [6, 6.07) is 0.830. The first kappa shape index (κ1) is 11.6. The molecule has 0 amide bonds. The van der Waals surface area contributed by atoms with Crippen molar-refractivity contribution >= 4 is 0 Å². The maximum absolute atomic E-state index is 2.40. The fourth-order valence-electron chi connectivity index (χ4n) is 1.51. The Hall–Kier alpha value is 0.608. The number of likely N-dealkylation sites (tertiary alicyclic amines) is 1. The third-order valence-electron chi connectivity index (χ3n) is 2.42. The Morgan fingerprint density at radius 1 is 1.18 bits per heavy atom. The van der Waals surface area contributed by atoms with Crippen molar-refractivity contribution in [3.63, 3.8) is 0 Å². The molecule has 1 saturated heterocycles. The zero-order valence-electron chi connectivity index (χ0n) is 7.71. The molecule has 1 aliphatic heterocycles. The van der Waals surface area contributed by atoms with Crippen molar-refractivity contribution in [2.75, 3.05) is 34.2 Å². The SMILES string of the molecule is CN1CCC(N(C)C)CC1.[W]. The number of rotatable bonds is 1. The fourth-order valence-corrected chi connectivity index (χ4v) is 1.51. The van der Waals surface area contributed by atoms with E-state index < -0.39 is 0 Å². The number of piperidine rings is 1. The molecule has 0 N–H and O–H groups in total. The third-order valence-corrected chi connectivity index (χ3v) is 2.42. The summed E-state index contributed by atoms with van der Waals surface area (Å²) in [6.07, 6.45) is 2.67. The van der Waals surface area contributed by atoms with E-state index in [0.29, 0.717) is 0 Å². The summed E-state index contributed by atoms with van der Waals surface area (Å²) >= 11 is 0. The van der Waals surface area contributed by atoms with Crippen LogP contribution in [-0.4, -0.2) is 50.1 Å². The van der Waals surface area contributed by atoms with E-state index in [9.17, 15) is 0 Å². The van der Waals surface area contributed by atoms with Crippen molar-refractivity contribution in [2.45, 2.75) is 18.9 Å². The predicted octanol–water partition coefficient (Wildman–Crippen LogP) is 0.640. The van der Waals surface area contributed by atoms with Gasteiger partial charge in [0.2, 0.25) is 0 Å². The van der Waals surface area contributed by atoms with Crippen LogP contribution in [-0.2, 0) is 21.1 Å². The first-order valence-electron chi connectivity index (χ1n) is 4.05. The van der Waals surface area contributed by atoms with Crippen LogP contribution in [0.2, 0.25) is 0 Å². The fraction of sp³-hybridized carbons (Fsp3) is 1.00. The van der Waals surface area contributed by atoms with Gasteiger partial charge in [-0.05, 0) is 47.1 Å². The molecule has 11 heavy (non-hydrogen) atoms. The van der Waals surface area contributed by atoms with E-state index in [2.05, 4.69) is 30.9 Å². The minimum Gasteiger partial charge on any atom is -0.306 e. The maximum atomic E-state index is 2.40. The largest absolute Gasteiger partial charge is 0.306 e. The standard InChI is InChI=1S/C8H18N2.W/c1-9(2)8-4-6-10(3)7-5-8;/h8H,4-7H2,1-3H3;. The quantitative estimate of drug-likeness (QED) is 0.698. The van der Waals surface area contributed by atoms with Gasteiger partial charge < -0.3 is 9.80 Å². The van der Waals surface area contributed by atoms with Gasteiger partial charge in [-0.1, -0.05) is 0 Å². The van der Waals surface area contributed by atoms with Crippen LogP contribution in [0.4, 0.5) is 0 Å². The summed E-state index contributed by atoms with van der Waals surface area (Å²) in [4.78, 5) is 4.74.